The zero-order chi connectivity index (χ0) is 13.3. The van der Waals surface area contributed by atoms with Gasteiger partial charge in [0.25, 0.3) is 0 Å². The molecule has 0 spiro atoms. The molecule has 0 unspecified atom stereocenters. The summed E-state index contributed by atoms with van der Waals surface area (Å²) in [5.74, 6) is 2.81. The molecule has 0 saturated carbocycles. The lowest BCUT2D eigenvalue weighted by Gasteiger charge is -2.11. The Balaban J connectivity index is 2.56. The van der Waals surface area contributed by atoms with E-state index in [2.05, 4.69) is 34.1 Å². The fourth-order valence-electron chi connectivity index (χ4n) is 1.69. The molecule has 0 aromatic carbocycles. The largest absolute Gasteiger partial charge is 0.373 e. The second-order valence-corrected chi connectivity index (χ2v) is 4.66. The molecule has 5 nitrogen and oxygen atoms in total. The second-order valence-electron chi connectivity index (χ2n) is 4.66. The first-order valence-corrected chi connectivity index (χ1v) is 6.10. The lowest BCUT2D eigenvalue weighted by molar-refractivity contribution is 0.761. The molecular weight excluding hydrogens is 226 g/mol. The van der Waals surface area contributed by atoms with E-state index in [-0.39, 0.29) is 0 Å². The molecule has 2 aromatic rings. The van der Waals surface area contributed by atoms with Gasteiger partial charge in [0.2, 0.25) is 0 Å². The summed E-state index contributed by atoms with van der Waals surface area (Å²) >= 11 is 0. The number of anilines is 1. The Labute approximate surface area is 107 Å². The predicted octanol–water partition coefficient (Wildman–Crippen LogP) is 2.44. The topological polar surface area (TPSA) is 55.6 Å². The minimum absolute atomic E-state index is 0.293. The molecule has 1 N–H and O–H groups in total. The Hall–Kier alpha value is -1.91. The number of rotatable bonds is 3. The van der Waals surface area contributed by atoms with E-state index in [1.807, 2.05) is 31.5 Å². The van der Waals surface area contributed by atoms with E-state index >= 15 is 0 Å². The first kappa shape index (κ1) is 12.5. The van der Waals surface area contributed by atoms with Gasteiger partial charge in [-0.2, -0.15) is 0 Å². The third-order valence-corrected chi connectivity index (χ3v) is 3.00. The SMILES string of the molecule is CNc1cc(-n2cnc(C)c2C)nc(C(C)C)n1. The minimum atomic E-state index is 0.293. The molecule has 0 atom stereocenters. The van der Waals surface area contributed by atoms with E-state index in [1.54, 1.807) is 6.33 Å². The van der Waals surface area contributed by atoms with Crippen molar-refractivity contribution in [3.63, 3.8) is 0 Å². The fraction of sp³-hybridized carbons (Fsp3) is 0.462. The van der Waals surface area contributed by atoms with E-state index < -0.39 is 0 Å². The van der Waals surface area contributed by atoms with Crippen LogP contribution >= 0.6 is 0 Å². The Morgan fingerprint density at radius 2 is 1.94 bits per heavy atom. The smallest absolute Gasteiger partial charge is 0.143 e. The molecule has 0 radical (unpaired) electrons. The molecule has 0 aliphatic heterocycles. The van der Waals surface area contributed by atoms with Crippen molar-refractivity contribution in [3.8, 4) is 5.82 Å². The van der Waals surface area contributed by atoms with Crippen molar-refractivity contribution in [1.29, 1.82) is 0 Å². The molecule has 0 bridgehead atoms. The third kappa shape index (κ3) is 2.20. The van der Waals surface area contributed by atoms with Gasteiger partial charge in [0, 0.05) is 24.7 Å². The van der Waals surface area contributed by atoms with E-state index in [0.717, 1.165) is 28.8 Å². The lowest BCUT2D eigenvalue weighted by atomic mass is 10.2. The Kier molecular flexibility index (Phi) is 3.32. The highest BCUT2D eigenvalue weighted by atomic mass is 15.1. The maximum absolute atomic E-state index is 4.60. The van der Waals surface area contributed by atoms with Gasteiger partial charge < -0.3 is 5.32 Å². The normalized spacial score (nSPS) is 11.0. The van der Waals surface area contributed by atoms with Gasteiger partial charge in [0.05, 0.1) is 5.69 Å². The van der Waals surface area contributed by atoms with Crippen molar-refractivity contribution in [3.05, 3.63) is 29.6 Å². The van der Waals surface area contributed by atoms with Crippen LogP contribution in [0, 0.1) is 13.8 Å². The van der Waals surface area contributed by atoms with Crippen LogP contribution in [0.3, 0.4) is 0 Å². The van der Waals surface area contributed by atoms with Crippen molar-refractivity contribution < 1.29 is 0 Å². The Morgan fingerprint density at radius 1 is 1.22 bits per heavy atom. The maximum Gasteiger partial charge on any atom is 0.143 e. The molecule has 18 heavy (non-hydrogen) atoms. The standard InChI is InChI=1S/C13H19N5/c1-8(2)13-16-11(14-5)6-12(17-13)18-7-15-9(3)10(18)4/h6-8H,1-5H3,(H,14,16,17). The molecule has 0 aliphatic carbocycles. The van der Waals surface area contributed by atoms with Crippen molar-refractivity contribution in [2.45, 2.75) is 33.6 Å². The lowest BCUT2D eigenvalue weighted by Crippen LogP contribution is -2.07. The van der Waals surface area contributed by atoms with Crippen LogP contribution in [0.25, 0.3) is 5.82 Å². The number of aromatic nitrogens is 4. The zero-order valence-corrected chi connectivity index (χ0v) is 11.5. The van der Waals surface area contributed by atoms with Gasteiger partial charge in [-0.25, -0.2) is 15.0 Å². The van der Waals surface area contributed by atoms with E-state index in [0.29, 0.717) is 5.92 Å². The quantitative estimate of drug-likeness (QED) is 0.902. The zero-order valence-electron chi connectivity index (χ0n) is 11.5. The van der Waals surface area contributed by atoms with Crippen LogP contribution in [-0.2, 0) is 0 Å². The molecule has 2 heterocycles. The number of nitrogens with zero attached hydrogens (tertiary/aromatic N) is 4. The Morgan fingerprint density at radius 3 is 2.44 bits per heavy atom. The summed E-state index contributed by atoms with van der Waals surface area (Å²) in [5, 5.41) is 3.07. The molecule has 5 heteroatoms. The summed E-state index contributed by atoms with van der Waals surface area (Å²) < 4.78 is 1.99. The number of nitrogens with one attached hydrogen (secondary N) is 1. The molecule has 2 rings (SSSR count). The summed E-state index contributed by atoms with van der Waals surface area (Å²) in [4.78, 5) is 13.4. The number of hydrogen-bond acceptors (Lipinski definition) is 4. The second kappa shape index (κ2) is 4.76. The molecule has 0 aliphatic rings. The fourth-order valence-corrected chi connectivity index (χ4v) is 1.69. The van der Waals surface area contributed by atoms with Gasteiger partial charge in [-0.15, -0.1) is 0 Å². The number of imidazole rings is 1. The van der Waals surface area contributed by atoms with Crippen molar-refractivity contribution in [1.82, 2.24) is 19.5 Å². The van der Waals surface area contributed by atoms with Crippen LogP contribution in [0.5, 0.6) is 0 Å². The third-order valence-electron chi connectivity index (χ3n) is 3.00. The summed E-state index contributed by atoms with van der Waals surface area (Å²) in [6.45, 7) is 8.21. The molecular formula is C13H19N5. The van der Waals surface area contributed by atoms with Crippen LogP contribution in [0.4, 0.5) is 5.82 Å². The number of aryl methyl sites for hydroxylation is 1. The summed E-state index contributed by atoms with van der Waals surface area (Å²) in [6.07, 6.45) is 1.80. The van der Waals surface area contributed by atoms with E-state index in [9.17, 15) is 0 Å². The van der Waals surface area contributed by atoms with Gasteiger partial charge in [-0.05, 0) is 13.8 Å². The van der Waals surface area contributed by atoms with Crippen LogP contribution < -0.4 is 5.32 Å². The van der Waals surface area contributed by atoms with Crippen LogP contribution in [0.1, 0.15) is 37.0 Å². The average molecular weight is 245 g/mol. The maximum atomic E-state index is 4.60. The molecule has 0 amide bonds. The van der Waals surface area contributed by atoms with E-state index in [4.69, 9.17) is 0 Å². The summed E-state index contributed by atoms with van der Waals surface area (Å²) in [5.41, 5.74) is 2.12. The molecule has 0 saturated heterocycles. The van der Waals surface area contributed by atoms with Gasteiger partial charge in [-0.3, -0.25) is 4.57 Å². The van der Waals surface area contributed by atoms with Crippen LogP contribution in [-0.4, -0.2) is 26.6 Å². The van der Waals surface area contributed by atoms with Crippen LogP contribution in [0.15, 0.2) is 12.4 Å². The first-order chi connectivity index (χ1) is 8.52. The predicted molar refractivity (Wildman–Crippen MR) is 72.3 cm³/mol. The highest BCUT2D eigenvalue weighted by molar-refractivity contribution is 5.42. The van der Waals surface area contributed by atoms with Crippen molar-refractivity contribution in [2.75, 3.05) is 12.4 Å². The van der Waals surface area contributed by atoms with Gasteiger partial charge in [0.1, 0.15) is 23.8 Å². The number of hydrogen-bond donors (Lipinski definition) is 1. The van der Waals surface area contributed by atoms with Crippen molar-refractivity contribution >= 4 is 5.82 Å². The van der Waals surface area contributed by atoms with Crippen LogP contribution in [0.2, 0.25) is 0 Å². The monoisotopic (exact) mass is 245 g/mol. The van der Waals surface area contributed by atoms with Gasteiger partial charge >= 0.3 is 0 Å². The van der Waals surface area contributed by atoms with Gasteiger partial charge in [0.15, 0.2) is 0 Å². The van der Waals surface area contributed by atoms with E-state index in [1.165, 1.54) is 0 Å². The summed E-state index contributed by atoms with van der Waals surface area (Å²) in [6, 6.07) is 1.93. The highest BCUT2D eigenvalue weighted by Crippen LogP contribution is 2.18. The van der Waals surface area contributed by atoms with Gasteiger partial charge in [-0.1, -0.05) is 13.8 Å². The Bertz CT molecular complexity index is 557. The first-order valence-electron chi connectivity index (χ1n) is 6.10. The minimum Gasteiger partial charge on any atom is -0.373 e. The summed E-state index contributed by atoms with van der Waals surface area (Å²) in [7, 11) is 1.86. The molecule has 96 valence electrons. The average Bonchev–Trinajstić information content (AvgIpc) is 2.69. The van der Waals surface area contributed by atoms with Crippen molar-refractivity contribution in [2.24, 2.45) is 0 Å². The molecule has 2 aromatic heterocycles. The highest BCUT2D eigenvalue weighted by Gasteiger charge is 2.11. The molecule has 0 fully saturated rings.